The van der Waals surface area contributed by atoms with E-state index in [1.807, 2.05) is 17.9 Å². The molecule has 3 rings (SSSR count). The van der Waals surface area contributed by atoms with Crippen LogP contribution in [0.5, 0.6) is 0 Å². The maximum absolute atomic E-state index is 12.5. The Balaban J connectivity index is 1.66. The summed E-state index contributed by atoms with van der Waals surface area (Å²) in [6, 6.07) is 9.60. The summed E-state index contributed by atoms with van der Waals surface area (Å²) in [5.74, 6) is -0.266. The highest BCUT2D eigenvalue weighted by atomic mass is 35.5. The van der Waals surface area contributed by atoms with Crippen molar-refractivity contribution in [1.82, 2.24) is 4.90 Å². The maximum atomic E-state index is 12.5. The summed E-state index contributed by atoms with van der Waals surface area (Å²) in [5, 5.41) is 14.3. The Labute approximate surface area is 185 Å². The third-order valence-electron chi connectivity index (χ3n) is 5.31. The van der Waals surface area contributed by atoms with E-state index in [-0.39, 0.29) is 17.2 Å². The van der Waals surface area contributed by atoms with E-state index in [9.17, 15) is 19.7 Å². The molecule has 0 aliphatic carbocycles. The summed E-state index contributed by atoms with van der Waals surface area (Å²) in [5.41, 5.74) is 1.93. The van der Waals surface area contributed by atoms with Gasteiger partial charge >= 0.3 is 0 Å². The Hall–Kier alpha value is -3.13. The van der Waals surface area contributed by atoms with Crippen molar-refractivity contribution in [1.29, 1.82) is 0 Å². The first-order valence-electron chi connectivity index (χ1n) is 10.2. The number of benzene rings is 2. The van der Waals surface area contributed by atoms with Crippen molar-refractivity contribution in [3.05, 3.63) is 62.7 Å². The van der Waals surface area contributed by atoms with Gasteiger partial charge in [0.2, 0.25) is 5.91 Å². The second-order valence-corrected chi connectivity index (χ2v) is 7.90. The van der Waals surface area contributed by atoms with E-state index < -0.39 is 10.8 Å². The Bertz CT molecular complexity index is 1000. The number of amides is 2. The van der Waals surface area contributed by atoms with E-state index >= 15 is 0 Å². The molecule has 1 saturated heterocycles. The molecule has 31 heavy (non-hydrogen) atoms. The van der Waals surface area contributed by atoms with Crippen LogP contribution in [0.1, 0.15) is 35.7 Å². The van der Waals surface area contributed by atoms with Gasteiger partial charge in [0.15, 0.2) is 0 Å². The third kappa shape index (κ3) is 5.32. The average molecular weight is 445 g/mol. The molecule has 2 aromatic rings. The zero-order valence-electron chi connectivity index (χ0n) is 17.6. The predicted octanol–water partition coefficient (Wildman–Crippen LogP) is 4.26. The van der Waals surface area contributed by atoms with Gasteiger partial charge in [0.25, 0.3) is 11.6 Å². The van der Waals surface area contributed by atoms with Gasteiger partial charge in [0.1, 0.15) is 0 Å². The minimum Gasteiger partial charge on any atom is -0.367 e. The monoisotopic (exact) mass is 444 g/mol. The fourth-order valence-electron chi connectivity index (χ4n) is 3.56. The summed E-state index contributed by atoms with van der Waals surface area (Å²) >= 11 is 6.47. The Morgan fingerprint density at radius 3 is 2.45 bits per heavy atom. The molecule has 0 radical (unpaired) electrons. The van der Waals surface area contributed by atoms with Crippen LogP contribution in [0.4, 0.5) is 17.1 Å². The number of rotatable bonds is 6. The Morgan fingerprint density at radius 1 is 1.13 bits per heavy atom. The van der Waals surface area contributed by atoms with Crippen molar-refractivity contribution in [3.63, 3.8) is 0 Å². The molecule has 0 aromatic heterocycles. The van der Waals surface area contributed by atoms with E-state index in [1.165, 1.54) is 6.07 Å². The number of hydrogen-bond acceptors (Lipinski definition) is 5. The number of carbonyl (C=O) groups excluding carboxylic acids is 2. The lowest BCUT2D eigenvalue weighted by molar-refractivity contribution is -0.385. The largest absolute Gasteiger partial charge is 0.367 e. The summed E-state index contributed by atoms with van der Waals surface area (Å²) in [6.07, 6.45) is 1.41. The van der Waals surface area contributed by atoms with E-state index in [0.717, 1.165) is 12.1 Å². The van der Waals surface area contributed by atoms with Crippen molar-refractivity contribution in [2.75, 3.05) is 36.4 Å². The molecular formula is C22H25ClN4O4. The average Bonchev–Trinajstić information content (AvgIpc) is 2.74. The number of nitrogens with zero attached hydrogens (tertiary/aromatic N) is 3. The lowest BCUT2D eigenvalue weighted by atomic mass is 10.1. The number of nitro benzene ring substituents is 1. The van der Waals surface area contributed by atoms with E-state index in [0.29, 0.717) is 48.9 Å². The second kappa shape index (κ2) is 9.78. The smallest absolute Gasteiger partial charge is 0.273 e. The number of hydrogen-bond donors (Lipinski definition) is 1. The van der Waals surface area contributed by atoms with Gasteiger partial charge in [-0.15, -0.1) is 0 Å². The topological polar surface area (TPSA) is 95.8 Å². The van der Waals surface area contributed by atoms with E-state index in [2.05, 4.69) is 10.2 Å². The molecule has 1 N–H and O–H groups in total. The van der Waals surface area contributed by atoms with Crippen LogP contribution in [0.3, 0.4) is 0 Å². The van der Waals surface area contributed by atoms with Crippen LogP contribution < -0.4 is 10.2 Å². The molecule has 1 aliphatic rings. The fraction of sp³-hybridized carbons (Fsp3) is 0.364. The normalized spacial score (nSPS) is 13.8. The maximum Gasteiger partial charge on any atom is 0.273 e. The van der Waals surface area contributed by atoms with Crippen LogP contribution in [-0.2, 0) is 4.79 Å². The summed E-state index contributed by atoms with van der Waals surface area (Å²) in [4.78, 5) is 39.2. The highest BCUT2D eigenvalue weighted by Crippen LogP contribution is 2.30. The van der Waals surface area contributed by atoms with Gasteiger partial charge in [-0.05, 0) is 37.6 Å². The van der Waals surface area contributed by atoms with Gasteiger partial charge in [-0.2, -0.15) is 0 Å². The SMILES string of the molecule is CCCC(=O)N1CCN(c2ccc(NC(=O)c3ccc(C)c([N+](=O)[O-])c3)cc2Cl)CC1. The summed E-state index contributed by atoms with van der Waals surface area (Å²) < 4.78 is 0. The van der Waals surface area contributed by atoms with Crippen LogP contribution in [-0.4, -0.2) is 47.8 Å². The van der Waals surface area contributed by atoms with Gasteiger partial charge in [0.05, 0.1) is 15.6 Å². The van der Waals surface area contributed by atoms with Crippen LogP contribution in [0.25, 0.3) is 0 Å². The number of carbonyl (C=O) groups is 2. The summed E-state index contributed by atoms with van der Waals surface area (Å²) in [7, 11) is 0. The molecule has 2 amide bonds. The highest BCUT2D eigenvalue weighted by Gasteiger charge is 2.22. The number of nitro groups is 1. The number of anilines is 2. The number of nitrogens with one attached hydrogen (secondary N) is 1. The first-order chi connectivity index (χ1) is 14.8. The predicted molar refractivity (Wildman–Crippen MR) is 121 cm³/mol. The zero-order valence-corrected chi connectivity index (χ0v) is 18.3. The first kappa shape index (κ1) is 22.6. The molecule has 0 bridgehead atoms. The molecule has 0 atom stereocenters. The second-order valence-electron chi connectivity index (χ2n) is 7.50. The number of halogens is 1. The quantitative estimate of drug-likeness (QED) is 0.530. The molecule has 1 aliphatic heterocycles. The minimum absolute atomic E-state index is 0.0995. The highest BCUT2D eigenvalue weighted by molar-refractivity contribution is 6.33. The molecule has 8 nitrogen and oxygen atoms in total. The van der Waals surface area contributed by atoms with Crippen LogP contribution in [0.15, 0.2) is 36.4 Å². The lowest BCUT2D eigenvalue weighted by Crippen LogP contribution is -2.48. The van der Waals surface area contributed by atoms with Gasteiger partial charge in [-0.1, -0.05) is 24.6 Å². The fourth-order valence-corrected chi connectivity index (χ4v) is 3.86. The molecule has 1 fully saturated rings. The van der Waals surface area contributed by atoms with Gasteiger partial charge in [0, 0.05) is 55.5 Å². The molecule has 0 saturated carbocycles. The standard InChI is InChI=1S/C22H25ClN4O4/c1-3-4-21(28)26-11-9-25(10-12-26)19-8-7-17(14-18(19)23)24-22(29)16-6-5-15(2)20(13-16)27(30)31/h5-8,13-14H,3-4,9-12H2,1-2H3,(H,24,29). The van der Waals surface area contributed by atoms with Crippen LogP contribution in [0, 0.1) is 17.0 Å². The van der Waals surface area contributed by atoms with Crippen molar-refractivity contribution < 1.29 is 14.5 Å². The van der Waals surface area contributed by atoms with E-state index in [1.54, 1.807) is 31.2 Å². The van der Waals surface area contributed by atoms with Crippen LogP contribution >= 0.6 is 11.6 Å². The third-order valence-corrected chi connectivity index (χ3v) is 5.61. The molecule has 0 unspecified atom stereocenters. The molecule has 9 heteroatoms. The molecule has 1 heterocycles. The first-order valence-corrected chi connectivity index (χ1v) is 10.6. The number of piperazine rings is 1. The van der Waals surface area contributed by atoms with Crippen molar-refractivity contribution in [3.8, 4) is 0 Å². The minimum atomic E-state index is -0.507. The lowest BCUT2D eigenvalue weighted by Gasteiger charge is -2.36. The molecule has 0 spiro atoms. The number of aryl methyl sites for hydroxylation is 1. The van der Waals surface area contributed by atoms with Crippen LogP contribution in [0.2, 0.25) is 5.02 Å². The Kier molecular flexibility index (Phi) is 7.12. The van der Waals surface area contributed by atoms with E-state index in [4.69, 9.17) is 11.6 Å². The molecule has 2 aromatic carbocycles. The zero-order chi connectivity index (χ0) is 22.5. The van der Waals surface area contributed by atoms with Gasteiger partial charge in [-0.3, -0.25) is 19.7 Å². The van der Waals surface area contributed by atoms with Gasteiger partial charge in [-0.25, -0.2) is 0 Å². The van der Waals surface area contributed by atoms with Crippen molar-refractivity contribution in [2.24, 2.45) is 0 Å². The molecular weight excluding hydrogens is 420 g/mol. The molecule has 164 valence electrons. The van der Waals surface area contributed by atoms with Crippen molar-refractivity contribution >= 4 is 40.5 Å². The van der Waals surface area contributed by atoms with Gasteiger partial charge < -0.3 is 15.1 Å². The van der Waals surface area contributed by atoms with Crippen molar-refractivity contribution in [2.45, 2.75) is 26.7 Å². The summed E-state index contributed by atoms with van der Waals surface area (Å²) in [6.45, 7) is 6.30. The Morgan fingerprint density at radius 2 is 1.84 bits per heavy atom.